The number of nitrogens with one attached hydrogen (secondary N) is 1. The Kier molecular flexibility index (Phi) is 5.52. The van der Waals surface area contributed by atoms with Crippen LogP contribution in [0.4, 0.5) is 5.82 Å². The summed E-state index contributed by atoms with van der Waals surface area (Å²) in [7, 11) is 0. The van der Waals surface area contributed by atoms with Crippen LogP contribution >= 0.6 is 0 Å². The third-order valence-corrected chi connectivity index (χ3v) is 4.99. The van der Waals surface area contributed by atoms with Gasteiger partial charge in [0.2, 0.25) is 5.91 Å². The Morgan fingerprint density at radius 2 is 1.93 bits per heavy atom. The van der Waals surface area contributed by atoms with E-state index in [0.29, 0.717) is 24.6 Å². The minimum Gasteiger partial charge on any atom is -0.465 e. The highest BCUT2D eigenvalue weighted by Gasteiger charge is 2.33. The summed E-state index contributed by atoms with van der Waals surface area (Å²) in [4.78, 5) is 24.4. The Balaban J connectivity index is 1.67. The van der Waals surface area contributed by atoms with Crippen molar-refractivity contribution >= 4 is 17.7 Å². The maximum atomic E-state index is 12.5. The Labute approximate surface area is 174 Å². The molecule has 1 atom stereocenters. The van der Waals surface area contributed by atoms with E-state index in [0.717, 1.165) is 22.6 Å². The van der Waals surface area contributed by atoms with E-state index in [-0.39, 0.29) is 18.4 Å². The van der Waals surface area contributed by atoms with E-state index in [1.807, 2.05) is 61.5 Å². The summed E-state index contributed by atoms with van der Waals surface area (Å²) in [6.45, 7) is 3.89. The van der Waals surface area contributed by atoms with Gasteiger partial charge in [-0.05, 0) is 43.7 Å². The Hall–Kier alpha value is -3.61. The molecule has 154 valence electrons. The smallest absolute Gasteiger partial charge is 0.327 e. The van der Waals surface area contributed by atoms with Gasteiger partial charge in [-0.15, -0.1) is 0 Å². The molecule has 1 aliphatic heterocycles. The second-order valence-corrected chi connectivity index (χ2v) is 7.10. The van der Waals surface area contributed by atoms with Crippen LogP contribution in [0.1, 0.15) is 36.1 Å². The van der Waals surface area contributed by atoms with E-state index in [1.54, 1.807) is 6.92 Å². The predicted octanol–water partition coefficient (Wildman–Crippen LogP) is 4.02. The molecule has 1 unspecified atom stereocenters. The number of carbonyl (C=O) groups excluding carboxylic acids is 2. The second-order valence-electron chi connectivity index (χ2n) is 7.10. The zero-order valence-corrected chi connectivity index (χ0v) is 16.9. The van der Waals surface area contributed by atoms with Gasteiger partial charge >= 0.3 is 5.97 Å². The molecular weight excluding hydrogens is 382 g/mol. The van der Waals surface area contributed by atoms with Crippen LogP contribution in [0.5, 0.6) is 11.5 Å². The maximum absolute atomic E-state index is 12.5. The summed E-state index contributed by atoms with van der Waals surface area (Å²) >= 11 is 0. The van der Waals surface area contributed by atoms with Crippen molar-refractivity contribution in [3.05, 3.63) is 71.4 Å². The lowest BCUT2D eigenvalue weighted by atomic mass is 9.86. The second kappa shape index (κ2) is 8.41. The molecule has 0 fully saturated rings. The lowest BCUT2D eigenvalue weighted by molar-refractivity contribution is -0.144. The average Bonchev–Trinajstić information content (AvgIpc) is 3.03. The van der Waals surface area contributed by atoms with Crippen LogP contribution < -0.4 is 10.1 Å². The topological polar surface area (TPSA) is 82.5 Å². The molecule has 0 radical (unpaired) electrons. The number of aromatic nitrogens is 2. The highest BCUT2D eigenvalue weighted by atomic mass is 16.5. The molecule has 7 heteroatoms. The Morgan fingerprint density at radius 1 is 1.17 bits per heavy atom. The average molecular weight is 405 g/mol. The summed E-state index contributed by atoms with van der Waals surface area (Å²) in [5, 5.41) is 7.36. The van der Waals surface area contributed by atoms with E-state index >= 15 is 0 Å². The molecule has 2 aromatic carbocycles. The van der Waals surface area contributed by atoms with Crippen LogP contribution in [0.2, 0.25) is 0 Å². The monoisotopic (exact) mass is 405 g/mol. The number of aryl methyl sites for hydroxylation is 1. The van der Waals surface area contributed by atoms with Crippen LogP contribution in [-0.2, 0) is 20.9 Å². The fourth-order valence-electron chi connectivity index (χ4n) is 3.76. The van der Waals surface area contributed by atoms with Gasteiger partial charge in [0.15, 0.2) is 0 Å². The lowest BCUT2D eigenvalue weighted by Gasteiger charge is -2.24. The zero-order valence-electron chi connectivity index (χ0n) is 16.9. The zero-order chi connectivity index (χ0) is 21.1. The Bertz CT molecular complexity index is 1080. The number of hydrogen-bond donors (Lipinski definition) is 1. The first kappa shape index (κ1) is 19.7. The molecule has 3 aromatic rings. The van der Waals surface area contributed by atoms with E-state index < -0.39 is 5.97 Å². The molecule has 0 saturated heterocycles. The van der Waals surface area contributed by atoms with Crippen molar-refractivity contribution in [3.63, 3.8) is 0 Å². The Morgan fingerprint density at radius 3 is 2.70 bits per heavy atom. The summed E-state index contributed by atoms with van der Waals surface area (Å²) < 4.78 is 12.5. The minimum absolute atomic E-state index is 0.0474. The van der Waals surface area contributed by atoms with Crippen LogP contribution in [-0.4, -0.2) is 28.3 Å². The summed E-state index contributed by atoms with van der Waals surface area (Å²) in [5.74, 6) is 1.31. The molecular formula is C23H23N3O4. The number of carbonyl (C=O) groups is 2. The van der Waals surface area contributed by atoms with Gasteiger partial charge in [0.05, 0.1) is 12.3 Å². The number of fused-ring (bicyclic) bond motifs is 1. The van der Waals surface area contributed by atoms with Crippen molar-refractivity contribution in [3.8, 4) is 11.5 Å². The number of anilines is 1. The number of para-hydroxylation sites is 1. The third kappa shape index (κ3) is 4.05. The summed E-state index contributed by atoms with van der Waals surface area (Å²) in [6.07, 6.45) is 0.299. The molecule has 1 amide bonds. The molecule has 0 saturated carbocycles. The fourth-order valence-corrected chi connectivity index (χ4v) is 3.76. The van der Waals surface area contributed by atoms with E-state index in [2.05, 4.69) is 10.4 Å². The molecule has 0 aliphatic carbocycles. The number of benzene rings is 2. The fraction of sp³-hybridized carbons (Fsp3) is 0.261. The summed E-state index contributed by atoms with van der Waals surface area (Å²) in [5.41, 5.74) is 2.64. The van der Waals surface area contributed by atoms with Crippen molar-refractivity contribution in [2.24, 2.45) is 0 Å². The van der Waals surface area contributed by atoms with Crippen LogP contribution in [0.25, 0.3) is 0 Å². The molecule has 30 heavy (non-hydrogen) atoms. The maximum Gasteiger partial charge on any atom is 0.327 e. The quantitative estimate of drug-likeness (QED) is 0.627. The van der Waals surface area contributed by atoms with Crippen LogP contribution in [0.3, 0.4) is 0 Å². The molecule has 0 bridgehead atoms. The van der Waals surface area contributed by atoms with Gasteiger partial charge < -0.3 is 14.8 Å². The predicted molar refractivity (Wildman–Crippen MR) is 112 cm³/mol. The van der Waals surface area contributed by atoms with Crippen molar-refractivity contribution in [2.75, 3.05) is 11.9 Å². The highest BCUT2D eigenvalue weighted by Crippen LogP contribution is 2.40. The number of rotatable bonds is 6. The van der Waals surface area contributed by atoms with E-state index in [4.69, 9.17) is 9.47 Å². The summed E-state index contributed by atoms with van der Waals surface area (Å²) in [6, 6.07) is 17.3. The largest absolute Gasteiger partial charge is 0.465 e. The number of esters is 1. The minimum atomic E-state index is -0.391. The van der Waals surface area contributed by atoms with Gasteiger partial charge in [-0.1, -0.05) is 30.3 Å². The van der Waals surface area contributed by atoms with Gasteiger partial charge in [-0.3, -0.25) is 9.59 Å². The standard InChI is InChI=1S/C23H23N3O4/c1-3-29-21(28)14-26-23-22(15(2)25-26)19(13-20(27)24-23)16-8-7-11-18(12-16)30-17-9-5-4-6-10-17/h4-12,19H,3,13-14H2,1-2H3,(H,24,27). The molecule has 2 heterocycles. The molecule has 1 aliphatic rings. The van der Waals surface area contributed by atoms with Crippen molar-refractivity contribution in [1.82, 2.24) is 9.78 Å². The van der Waals surface area contributed by atoms with Crippen LogP contribution in [0, 0.1) is 6.92 Å². The first-order valence-electron chi connectivity index (χ1n) is 9.90. The number of hydrogen-bond acceptors (Lipinski definition) is 5. The SMILES string of the molecule is CCOC(=O)Cn1nc(C)c2c1NC(=O)CC2c1cccc(Oc2ccccc2)c1. The van der Waals surface area contributed by atoms with Gasteiger partial charge in [0.25, 0.3) is 0 Å². The molecule has 4 rings (SSSR count). The van der Waals surface area contributed by atoms with E-state index in [1.165, 1.54) is 4.68 Å². The molecule has 7 nitrogen and oxygen atoms in total. The van der Waals surface area contributed by atoms with Crippen molar-refractivity contribution in [1.29, 1.82) is 0 Å². The van der Waals surface area contributed by atoms with Crippen molar-refractivity contribution < 1.29 is 19.1 Å². The molecule has 1 N–H and O–H groups in total. The number of ether oxygens (including phenoxy) is 2. The van der Waals surface area contributed by atoms with Gasteiger partial charge in [-0.25, -0.2) is 4.68 Å². The first-order valence-corrected chi connectivity index (χ1v) is 9.90. The number of nitrogens with zero attached hydrogens (tertiary/aromatic N) is 2. The van der Waals surface area contributed by atoms with Crippen LogP contribution in [0.15, 0.2) is 54.6 Å². The molecule has 0 spiro atoms. The third-order valence-electron chi connectivity index (χ3n) is 4.99. The lowest BCUT2D eigenvalue weighted by Crippen LogP contribution is -2.26. The number of amides is 1. The van der Waals surface area contributed by atoms with E-state index in [9.17, 15) is 9.59 Å². The van der Waals surface area contributed by atoms with Gasteiger partial charge in [0.1, 0.15) is 23.9 Å². The van der Waals surface area contributed by atoms with Gasteiger partial charge in [-0.2, -0.15) is 5.10 Å². The molecule has 1 aromatic heterocycles. The van der Waals surface area contributed by atoms with Gasteiger partial charge in [0, 0.05) is 17.9 Å². The van der Waals surface area contributed by atoms with Crippen molar-refractivity contribution in [2.45, 2.75) is 32.7 Å². The first-order chi connectivity index (χ1) is 14.5. The highest BCUT2D eigenvalue weighted by molar-refractivity contribution is 5.95. The normalized spacial score (nSPS) is 15.3.